The molecule has 7 nitrogen and oxygen atoms in total. The molecule has 1 atom stereocenters. The summed E-state index contributed by atoms with van der Waals surface area (Å²) in [6.07, 6.45) is -0.424. The number of fused-ring (bicyclic) bond motifs is 1. The molecule has 0 radical (unpaired) electrons. The lowest BCUT2D eigenvalue weighted by atomic mass is 10.2. The van der Waals surface area contributed by atoms with Gasteiger partial charge in [-0.15, -0.1) is 0 Å². The maximum Gasteiger partial charge on any atom is 0.407 e. The summed E-state index contributed by atoms with van der Waals surface area (Å²) >= 11 is 0. The standard InChI is InChI=1S/C15H26N4O3/c1-11(17-14(20)22-15(2,3)4)9-21-10-12-7-13-8-16-5-6-19(13)18-12/h7,11,16H,5-6,8-10H2,1-4H3,(H,17,20)/t11-/m0/s1. The number of rotatable bonds is 5. The molecular formula is C15H26N4O3. The van der Waals surface area contributed by atoms with Gasteiger partial charge in [0.15, 0.2) is 0 Å². The summed E-state index contributed by atoms with van der Waals surface area (Å²) in [7, 11) is 0. The van der Waals surface area contributed by atoms with Crippen molar-refractivity contribution in [2.75, 3.05) is 13.2 Å². The first kappa shape index (κ1) is 16.8. The molecule has 2 N–H and O–H groups in total. The fourth-order valence-electron chi connectivity index (χ4n) is 2.21. The third-order valence-electron chi connectivity index (χ3n) is 3.10. The maximum atomic E-state index is 11.6. The minimum atomic E-state index is -0.492. The van der Waals surface area contributed by atoms with Gasteiger partial charge >= 0.3 is 6.09 Å². The Balaban J connectivity index is 1.69. The van der Waals surface area contributed by atoms with Crippen LogP contribution in [0.15, 0.2) is 6.07 Å². The summed E-state index contributed by atoms with van der Waals surface area (Å²) in [6, 6.07) is 1.94. The van der Waals surface area contributed by atoms with Crippen LogP contribution in [0.4, 0.5) is 4.79 Å². The van der Waals surface area contributed by atoms with E-state index in [0.29, 0.717) is 13.2 Å². The normalized spacial score (nSPS) is 16.0. The van der Waals surface area contributed by atoms with Crippen LogP contribution in [-0.2, 0) is 29.2 Å². The topological polar surface area (TPSA) is 77.4 Å². The third kappa shape index (κ3) is 5.31. The number of carbonyl (C=O) groups excluding carboxylic acids is 1. The van der Waals surface area contributed by atoms with E-state index in [1.807, 2.05) is 32.4 Å². The molecule has 1 aromatic rings. The van der Waals surface area contributed by atoms with Crippen molar-refractivity contribution >= 4 is 6.09 Å². The van der Waals surface area contributed by atoms with E-state index in [-0.39, 0.29) is 6.04 Å². The Hall–Kier alpha value is -1.60. The smallest absolute Gasteiger partial charge is 0.407 e. The lowest BCUT2D eigenvalue weighted by molar-refractivity contribution is 0.0440. The Bertz CT molecular complexity index is 484. The van der Waals surface area contributed by atoms with Gasteiger partial charge in [-0.05, 0) is 33.8 Å². The molecule has 0 fully saturated rings. The van der Waals surface area contributed by atoms with Crippen molar-refractivity contribution in [3.05, 3.63) is 17.5 Å². The van der Waals surface area contributed by atoms with Crippen LogP contribution in [0.1, 0.15) is 39.1 Å². The molecule has 0 spiro atoms. The molecule has 7 heteroatoms. The molecule has 0 saturated heterocycles. The Labute approximate surface area is 131 Å². The van der Waals surface area contributed by atoms with Crippen molar-refractivity contribution in [2.45, 2.75) is 59.0 Å². The van der Waals surface area contributed by atoms with Crippen LogP contribution < -0.4 is 10.6 Å². The van der Waals surface area contributed by atoms with Crippen LogP contribution in [0, 0.1) is 0 Å². The first-order valence-electron chi connectivity index (χ1n) is 7.67. The van der Waals surface area contributed by atoms with Crippen molar-refractivity contribution in [1.29, 1.82) is 0 Å². The first-order valence-corrected chi connectivity index (χ1v) is 7.67. The molecule has 1 aromatic heterocycles. The van der Waals surface area contributed by atoms with Crippen LogP contribution in [0.5, 0.6) is 0 Å². The largest absolute Gasteiger partial charge is 0.444 e. The number of hydrogen-bond donors (Lipinski definition) is 2. The Morgan fingerprint density at radius 3 is 3.00 bits per heavy atom. The van der Waals surface area contributed by atoms with Gasteiger partial charge in [-0.2, -0.15) is 5.10 Å². The second-order valence-electron chi connectivity index (χ2n) is 6.59. The summed E-state index contributed by atoms with van der Waals surface area (Å²) in [6.45, 7) is 10.9. The van der Waals surface area contributed by atoms with E-state index in [0.717, 1.165) is 25.3 Å². The molecule has 0 aliphatic carbocycles. The second kappa shape index (κ2) is 7.11. The van der Waals surface area contributed by atoms with E-state index >= 15 is 0 Å². The van der Waals surface area contributed by atoms with E-state index < -0.39 is 11.7 Å². The molecule has 0 aromatic carbocycles. The van der Waals surface area contributed by atoms with Crippen molar-refractivity contribution in [1.82, 2.24) is 20.4 Å². The van der Waals surface area contributed by atoms with Crippen molar-refractivity contribution < 1.29 is 14.3 Å². The molecule has 0 bridgehead atoms. The first-order chi connectivity index (χ1) is 10.3. The minimum absolute atomic E-state index is 0.117. The van der Waals surface area contributed by atoms with E-state index in [1.54, 1.807) is 0 Å². The molecule has 0 unspecified atom stereocenters. The second-order valence-corrected chi connectivity index (χ2v) is 6.59. The lowest BCUT2D eigenvalue weighted by Crippen LogP contribution is -2.39. The number of hydrogen-bond acceptors (Lipinski definition) is 5. The predicted molar refractivity (Wildman–Crippen MR) is 82.4 cm³/mol. The van der Waals surface area contributed by atoms with Gasteiger partial charge in [0.2, 0.25) is 0 Å². The zero-order valence-electron chi connectivity index (χ0n) is 13.8. The number of carbonyl (C=O) groups is 1. The van der Waals surface area contributed by atoms with Gasteiger partial charge in [0, 0.05) is 13.1 Å². The maximum absolute atomic E-state index is 11.6. The molecule has 2 heterocycles. The molecule has 124 valence electrons. The fourth-order valence-corrected chi connectivity index (χ4v) is 2.21. The fraction of sp³-hybridized carbons (Fsp3) is 0.733. The summed E-state index contributed by atoms with van der Waals surface area (Å²) in [5.74, 6) is 0. The number of nitrogens with one attached hydrogen (secondary N) is 2. The van der Waals surface area contributed by atoms with Gasteiger partial charge in [0.25, 0.3) is 0 Å². The molecule has 2 rings (SSSR count). The Kier molecular flexibility index (Phi) is 5.42. The average Bonchev–Trinajstić information content (AvgIpc) is 2.78. The van der Waals surface area contributed by atoms with Crippen LogP contribution in [0.25, 0.3) is 0 Å². The highest BCUT2D eigenvalue weighted by Crippen LogP contribution is 2.09. The number of nitrogens with zero attached hydrogens (tertiary/aromatic N) is 2. The molecule has 0 saturated carbocycles. The van der Waals surface area contributed by atoms with E-state index in [2.05, 4.69) is 21.8 Å². The van der Waals surface area contributed by atoms with E-state index in [1.165, 1.54) is 5.69 Å². The molecule has 1 amide bonds. The highest BCUT2D eigenvalue weighted by atomic mass is 16.6. The number of aromatic nitrogens is 2. The summed E-state index contributed by atoms with van der Waals surface area (Å²) in [5, 5.41) is 10.6. The number of amides is 1. The number of alkyl carbamates (subject to hydrolysis) is 1. The molecule has 1 aliphatic rings. The van der Waals surface area contributed by atoms with Gasteiger partial charge < -0.3 is 20.1 Å². The van der Waals surface area contributed by atoms with E-state index in [4.69, 9.17) is 9.47 Å². The highest BCUT2D eigenvalue weighted by Gasteiger charge is 2.18. The van der Waals surface area contributed by atoms with Crippen LogP contribution >= 0.6 is 0 Å². The van der Waals surface area contributed by atoms with Crippen LogP contribution in [0.3, 0.4) is 0 Å². The van der Waals surface area contributed by atoms with Crippen molar-refractivity contribution in [3.63, 3.8) is 0 Å². The molecular weight excluding hydrogens is 284 g/mol. The third-order valence-corrected chi connectivity index (χ3v) is 3.10. The van der Waals surface area contributed by atoms with Crippen LogP contribution in [-0.4, -0.2) is 40.7 Å². The Morgan fingerprint density at radius 1 is 1.55 bits per heavy atom. The van der Waals surface area contributed by atoms with Crippen molar-refractivity contribution in [3.8, 4) is 0 Å². The number of ether oxygens (including phenoxy) is 2. The lowest BCUT2D eigenvalue weighted by Gasteiger charge is -2.21. The molecule has 22 heavy (non-hydrogen) atoms. The van der Waals surface area contributed by atoms with Gasteiger partial charge in [0.1, 0.15) is 5.60 Å². The Morgan fingerprint density at radius 2 is 2.32 bits per heavy atom. The van der Waals surface area contributed by atoms with Gasteiger partial charge in [-0.1, -0.05) is 0 Å². The minimum Gasteiger partial charge on any atom is -0.444 e. The van der Waals surface area contributed by atoms with E-state index in [9.17, 15) is 4.79 Å². The monoisotopic (exact) mass is 310 g/mol. The summed E-state index contributed by atoms with van der Waals surface area (Å²) in [4.78, 5) is 11.6. The van der Waals surface area contributed by atoms with Gasteiger partial charge in [-0.25, -0.2) is 4.79 Å². The van der Waals surface area contributed by atoms with Crippen LogP contribution in [0.2, 0.25) is 0 Å². The molecule has 1 aliphatic heterocycles. The van der Waals surface area contributed by atoms with Crippen molar-refractivity contribution in [2.24, 2.45) is 0 Å². The van der Waals surface area contributed by atoms with Gasteiger partial charge in [-0.3, -0.25) is 4.68 Å². The average molecular weight is 310 g/mol. The zero-order chi connectivity index (χ0) is 16.2. The predicted octanol–water partition coefficient (Wildman–Crippen LogP) is 1.42. The SMILES string of the molecule is C[C@@H](COCc1cc2n(n1)CCNC2)NC(=O)OC(C)(C)C. The highest BCUT2D eigenvalue weighted by molar-refractivity contribution is 5.68. The summed E-state index contributed by atoms with van der Waals surface area (Å²) < 4.78 is 12.8. The summed E-state index contributed by atoms with van der Waals surface area (Å²) in [5.41, 5.74) is 1.61. The van der Waals surface area contributed by atoms with Gasteiger partial charge in [0.05, 0.1) is 37.2 Å². The zero-order valence-corrected chi connectivity index (χ0v) is 13.8. The quantitative estimate of drug-likeness (QED) is 0.860.